The van der Waals surface area contributed by atoms with Gasteiger partial charge in [0.15, 0.2) is 0 Å². The molecule has 0 aromatic heterocycles. The minimum absolute atomic E-state index is 0.384. The smallest absolute Gasteiger partial charge is 0.0912 e. The standard InChI is InChI=1S/H4N2OS/c1-2-4-3/h2-3H,1H2. The molecule has 4 heavy (non-hydrogen) atoms. The molecule has 0 rings (SSSR count). The summed E-state index contributed by atoms with van der Waals surface area (Å²) in [7, 11) is 0. The van der Waals surface area contributed by atoms with Gasteiger partial charge in [-0.1, -0.05) is 0 Å². The van der Waals surface area contributed by atoms with Gasteiger partial charge in [0.2, 0.25) is 0 Å². The SMILES string of the molecule is NNSO. The summed E-state index contributed by atoms with van der Waals surface area (Å²) in [5, 5.41) is 0. The van der Waals surface area contributed by atoms with Crippen molar-refractivity contribution in [1.29, 1.82) is 0 Å². The molecule has 0 saturated heterocycles. The molecule has 0 bridgehead atoms. The number of nitrogens with two attached hydrogens (primary N) is 1. The first-order valence-electron chi connectivity index (χ1n) is 0.675. The molecule has 4 heteroatoms. The fraction of sp³-hybridized carbons (Fsp3) is 0. The Morgan fingerprint density at radius 3 is 2.25 bits per heavy atom. The second-order valence-electron chi connectivity index (χ2n) is 0.209. The van der Waals surface area contributed by atoms with Gasteiger partial charge in [0.05, 0.1) is 12.2 Å². The van der Waals surface area contributed by atoms with Crippen molar-refractivity contribution in [2.45, 2.75) is 0 Å². The van der Waals surface area contributed by atoms with Crippen LogP contribution in [0.15, 0.2) is 0 Å². The van der Waals surface area contributed by atoms with Crippen LogP contribution < -0.4 is 10.7 Å². The third-order valence-electron chi connectivity index (χ3n) is 0.0527. The Kier molecular flexibility index (Phi) is 3.42. The van der Waals surface area contributed by atoms with E-state index in [1.165, 1.54) is 0 Å². The van der Waals surface area contributed by atoms with Crippen LogP contribution in [-0.2, 0) is 0 Å². The summed E-state index contributed by atoms with van der Waals surface area (Å²) in [6.45, 7) is 0. The molecule has 0 aromatic carbocycles. The van der Waals surface area contributed by atoms with Gasteiger partial charge >= 0.3 is 0 Å². The predicted octanol–water partition coefficient (Wildman–Crippen LogP) is -0.429. The lowest BCUT2D eigenvalue weighted by molar-refractivity contribution is 0.652. The average molecular weight is 80.1 g/mol. The Morgan fingerprint density at radius 1 is 2.00 bits per heavy atom. The summed E-state index contributed by atoms with van der Waals surface area (Å²) >= 11 is 0.384. The van der Waals surface area contributed by atoms with Crippen LogP contribution in [0.4, 0.5) is 0 Å². The van der Waals surface area contributed by atoms with Gasteiger partial charge in [0.25, 0.3) is 0 Å². The van der Waals surface area contributed by atoms with E-state index in [9.17, 15) is 0 Å². The van der Waals surface area contributed by atoms with Crippen molar-refractivity contribution in [3.8, 4) is 0 Å². The Balaban J connectivity index is 1.97. The molecule has 4 N–H and O–H groups in total. The Hall–Kier alpha value is 0.230. The Morgan fingerprint density at radius 2 is 2.25 bits per heavy atom. The summed E-state index contributed by atoms with van der Waals surface area (Å²) in [5.74, 6) is 4.49. The van der Waals surface area contributed by atoms with E-state index in [0.717, 1.165) is 0 Å². The minimum atomic E-state index is 0.384. The van der Waals surface area contributed by atoms with Gasteiger partial charge in [-0.05, 0) is 0 Å². The van der Waals surface area contributed by atoms with Crippen LogP contribution in [0.5, 0.6) is 0 Å². The molecule has 26 valence electrons. The summed E-state index contributed by atoms with van der Waals surface area (Å²) in [4.78, 5) is 1.90. The molecule has 0 aliphatic rings. The topological polar surface area (TPSA) is 58.3 Å². The second-order valence-corrected chi connectivity index (χ2v) is 0.627. The van der Waals surface area contributed by atoms with Crippen molar-refractivity contribution in [2.75, 3.05) is 0 Å². The number of hydrazine groups is 1. The molecule has 0 aliphatic heterocycles. The molecule has 3 nitrogen and oxygen atoms in total. The summed E-state index contributed by atoms with van der Waals surface area (Å²) < 4.78 is 7.56. The van der Waals surface area contributed by atoms with Gasteiger partial charge in [-0.15, -0.1) is 0 Å². The molecule has 0 spiro atoms. The average Bonchev–Trinajstić information content (AvgIpc) is 1.37. The molecule has 0 amide bonds. The van der Waals surface area contributed by atoms with E-state index in [2.05, 4.69) is 5.84 Å². The third kappa shape index (κ3) is 2.23. The zero-order chi connectivity index (χ0) is 3.41. The summed E-state index contributed by atoms with van der Waals surface area (Å²) in [6, 6.07) is 0. The zero-order valence-corrected chi connectivity index (χ0v) is 2.75. The minimum Gasteiger partial charge on any atom is -0.316 e. The fourth-order valence-electron chi connectivity index (χ4n) is 0. The monoisotopic (exact) mass is 80.0 g/mol. The van der Waals surface area contributed by atoms with E-state index in [4.69, 9.17) is 4.55 Å². The zero-order valence-electron chi connectivity index (χ0n) is 1.93. The molecular weight excluding hydrogens is 76.1 g/mol. The van der Waals surface area contributed by atoms with Crippen molar-refractivity contribution in [2.24, 2.45) is 5.84 Å². The van der Waals surface area contributed by atoms with Crippen molar-refractivity contribution in [3.05, 3.63) is 0 Å². The fourth-order valence-corrected chi connectivity index (χ4v) is 0. The molecule has 0 atom stereocenters. The van der Waals surface area contributed by atoms with E-state index < -0.39 is 0 Å². The maximum atomic E-state index is 7.56. The van der Waals surface area contributed by atoms with Gasteiger partial charge in [0, 0.05) is 0 Å². The van der Waals surface area contributed by atoms with Gasteiger partial charge in [-0.2, -0.15) is 4.83 Å². The second kappa shape index (κ2) is 3.23. The maximum Gasteiger partial charge on any atom is 0.0912 e. The van der Waals surface area contributed by atoms with E-state index >= 15 is 0 Å². The van der Waals surface area contributed by atoms with E-state index in [1.54, 1.807) is 0 Å². The molecule has 0 heterocycles. The summed E-state index contributed by atoms with van der Waals surface area (Å²) in [5.41, 5.74) is 0. The van der Waals surface area contributed by atoms with Crippen LogP contribution in [0.25, 0.3) is 0 Å². The van der Waals surface area contributed by atoms with E-state index in [0.29, 0.717) is 12.2 Å². The summed E-state index contributed by atoms with van der Waals surface area (Å²) in [6.07, 6.45) is 0. The van der Waals surface area contributed by atoms with Crippen LogP contribution >= 0.6 is 12.2 Å². The van der Waals surface area contributed by atoms with Crippen molar-refractivity contribution >= 4 is 12.2 Å². The van der Waals surface area contributed by atoms with Gasteiger partial charge in [0.1, 0.15) is 0 Å². The number of rotatable bonds is 1. The van der Waals surface area contributed by atoms with Crippen LogP contribution in [-0.4, -0.2) is 4.55 Å². The third-order valence-corrected chi connectivity index (χ3v) is 0.158. The van der Waals surface area contributed by atoms with Gasteiger partial charge < -0.3 is 4.55 Å². The molecule has 0 radical (unpaired) electrons. The van der Waals surface area contributed by atoms with Crippen molar-refractivity contribution in [3.63, 3.8) is 0 Å². The molecule has 0 aromatic rings. The highest BCUT2D eigenvalue weighted by atomic mass is 32.2. The number of hydrogen-bond donors (Lipinski definition) is 3. The van der Waals surface area contributed by atoms with Crippen LogP contribution in [0.3, 0.4) is 0 Å². The quantitative estimate of drug-likeness (QED) is 0.173. The molecule has 0 aliphatic carbocycles. The molecule has 0 fully saturated rings. The van der Waals surface area contributed by atoms with Crippen LogP contribution in [0.2, 0.25) is 0 Å². The van der Waals surface area contributed by atoms with Gasteiger partial charge in [-0.3, -0.25) is 5.84 Å². The van der Waals surface area contributed by atoms with Crippen LogP contribution in [0.1, 0.15) is 0 Å². The molecule has 0 saturated carbocycles. The van der Waals surface area contributed by atoms with Gasteiger partial charge in [-0.25, -0.2) is 0 Å². The lowest BCUT2D eigenvalue weighted by atomic mass is 13.0. The van der Waals surface area contributed by atoms with Crippen molar-refractivity contribution < 1.29 is 4.55 Å². The van der Waals surface area contributed by atoms with E-state index in [1.807, 2.05) is 4.83 Å². The maximum absolute atomic E-state index is 7.56. The molecular formula is H4N2OS. The Bertz CT molecular complexity index is 8.00. The highest BCUT2D eigenvalue weighted by Crippen LogP contribution is 1.66. The first-order chi connectivity index (χ1) is 1.91. The normalized spacial score (nSPS) is 7.50. The highest BCUT2D eigenvalue weighted by Gasteiger charge is 1.52. The van der Waals surface area contributed by atoms with Crippen LogP contribution in [0, 0.1) is 0 Å². The lowest BCUT2D eigenvalue weighted by Crippen LogP contribution is -2.09. The van der Waals surface area contributed by atoms with E-state index in [-0.39, 0.29) is 0 Å². The first-order valence-corrected chi connectivity index (χ1v) is 1.45. The Labute approximate surface area is 28.5 Å². The highest BCUT2D eigenvalue weighted by molar-refractivity contribution is 7.91. The largest absolute Gasteiger partial charge is 0.316 e. The molecule has 0 unspecified atom stereocenters. The lowest BCUT2D eigenvalue weighted by Gasteiger charge is -1.74. The predicted molar refractivity (Wildman–Crippen MR) is 17.5 cm³/mol. The number of nitrogens with one attached hydrogen (secondary N) is 1. The number of hydrogen-bond acceptors (Lipinski definition) is 4. The van der Waals surface area contributed by atoms with Crippen molar-refractivity contribution in [1.82, 2.24) is 4.83 Å². The first kappa shape index (κ1) is 4.23.